The van der Waals surface area contributed by atoms with E-state index in [0.717, 1.165) is 29.9 Å². The van der Waals surface area contributed by atoms with Gasteiger partial charge in [-0.3, -0.25) is 4.79 Å². The number of nitrogens with one attached hydrogen (secondary N) is 1. The number of hydrogen-bond acceptors (Lipinski definition) is 4. The summed E-state index contributed by atoms with van der Waals surface area (Å²) in [5, 5.41) is 12.2. The summed E-state index contributed by atoms with van der Waals surface area (Å²) in [5.74, 6) is 0.438. The van der Waals surface area contributed by atoms with Gasteiger partial charge in [0, 0.05) is 24.2 Å². The smallest absolute Gasteiger partial charge is 0.318 e. The average molecular weight is 376 g/mol. The minimum absolute atomic E-state index is 0.0267. The van der Waals surface area contributed by atoms with E-state index < -0.39 is 5.97 Å². The highest BCUT2D eigenvalue weighted by Gasteiger charge is 2.34. The van der Waals surface area contributed by atoms with Crippen molar-refractivity contribution in [2.45, 2.75) is 50.6 Å². The second-order valence-electron chi connectivity index (χ2n) is 7.30. The van der Waals surface area contributed by atoms with E-state index in [-0.39, 0.29) is 24.0 Å². The van der Waals surface area contributed by atoms with Crippen LogP contribution in [-0.4, -0.2) is 48.8 Å². The number of carbonyl (C=O) groups excluding carboxylic acids is 1. The van der Waals surface area contributed by atoms with Crippen molar-refractivity contribution in [1.82, 2.24) is 10.2 Å². The number of methoxy groups -OCH3 is 2. The number of urea groups is 1. The Morgan fingerprint density at radius 1 is 1.11 bits per heavy atom. The number of nitrogens with zero attached hydrogens (tertiary/aromatic N) is 1. The molecule has 2 N–H and O–H groups in total. The Hall–Kier alpha value is -2.44. The summed E-state index contributed by atoms with van der Waals surface area (Å²) in [7, 11) is 3.24. The molecular formula is C20H28N2O5. The molecule has 27 heavy (non-hydrogen) atoms. The van der Waals surface area contributed by atoms with Crippen LogP contribution in [-0.2, 0) is 4.79 Å². The van der Waals surface area contributed by atoms with Gasteiger partial charge in [-0.25, -0.2) is 4.79 Å². The van der Waals surface area contributed by atoms with Gasteiger partial charge < -0.3 is 24.8 Å². The number of carboxylic acid groups (broad SMARTS) is 1. The minimum Gasteiger partial charge on any atom is -0.497 e. The first-order valence-corrected chi connectivity index (χ1v) is 9.55. The zero-order valence-corrected chi connectivity index (χ0v) is 15.9. The molecule has 2 fully saturated rings. The fourth-order valence-electron chi connectivity index (χ4n) is 4.17. The predicted octanol–water partition coefficient (Wildman–Crippen LogP) is 3.19. The lowest BCUT2D eigenvalue weighted by atomic mass is 9.86. The lowest BCUT2D eigenvalue weighted by Gasteiger charge is -2.31. The van der Waals surface area contributed by atoms with Crippen molar-refractivity contribution in [1.29, 1.82) is 0 Å². The third kappa shape index (κ3) is 4.28. The van der Waals surface area contributed by atoms with E-state index in [4.69, 9.17) is 14.6 Å². The normalized spacial score (nSPS) is 25.1. The van der Waals surface area contributed by atoms with E-state index in [0.29, 0.717) is 32.2 Å². The number of amides is 2. The molecule has 1 aliphatic heterocycles. The number of ether oxygens (including phenoxy) is 2. The average Bonchev–Trinajstić information content (AvgIpc) is 3.17. The van der Waals surface area contributed by atoms with Crippen molar-refractivity contribution < 1.29 is 24.2 Å². The van der Waals surface area contributed by atoms with E-state index in [1.54, 1.807) is 14.2 Å². The van der Waals surface area contributed by atoms with Gasteiger partial charge in [-0.1, -0.05) is 0 Å². The van der Waals surface area contributed by atoms with Crippen LogP contribution in [0.3, 0.4) is 0 Å². The van der Waals surface area contributed by atoms with Crippen LogP contribution in [0.4, 0.5) is 4.79 Å². The second-order valence-corrected chi connectivity index (χ2v) is 7.30. The molecule has 0 aromatic heterocycles. The Kier molecular flexibility index (Phi) is 6.08. The Labute approximate surface area is 159 Å². The van der Waals surface area contributed by atoms with Crippen LogP contribution >= 0.6 is 0 Å². The molecule has 3 rings (SSSR count). The third-order valence-corrected chi connectivity index (χ3v) is 5.72. The molecule has 1 saturated carbocycles. The quantitative estimate of drug-likeness (QED) is 0.824. The number of rotatable bonds is 5. The van der Waals surface area contributed by atoms with E-state index in [9.17, 15) is 9.59 Å². The van der Waals surface area contributed by atoms with E-state index >= 15 is 0 Å². The molecule has 1 heterocycles. The second kappa shape index (κ2) is 8.50. The first-order valence-electron chi connectivity index (χ1n) is 9.55. The summed E-state index contributed by atoms with van der Waals surface area (Å²) in [6.45, 7) is 0.705. The molecule has 1 aliphatic carbocycles. The molecule has 1 aromatic rings. The molecule has 0 spiro atoms. The summed E-state index contributed by atoms with van der Waals surface area (Å²) in [5.41, 5.74) is 0.987. The standard InChI is InChI=1S/C20H28N2O5/c1-26-15-9-10-16(18(12-15)27-2)17-4-3-11-22(17)20(25)21-14-7-5-13(6-8-14)19(23)24/h9-10,12-14,17H,3-8,11H2,1-2H3,(H,21,25)(H,23,24). The zero-order valence-electron chi connectivity index (χ0n) is 15.9. The van der Waals surface area contributed by atoms with Crippen molar-refractivity contribution in [3.8, 4) is 11.5 Å². The fourth-order valence-corrected chi connectivity index (χ4v) is 4.17. The van der Waals surface area contributed by atoms with Gasteiger partial charge in [0.1, 0.15) is 11.5 Å². The van der Waals surface area contributed by atoms with Crippen molar-refractivity contribution in [3.63, 3.8) is 0 Å². The highest BCUT2D eigenvalue weighted by atomic mass is 16.5. The van der Waals surface area contributed by atoms with E-state index in [1.807, 2.05) is 23.1 Å². The van der Waals surface area contributed by atoms with Gasteiger partial charge >= 0.3 is 12.0 Å². The number of benzene rings is 1. The SMILES string of the molecule is COc1ccc(C2CCCN2C(=O)NC2CCC(C(=O)O)CC2)c(OC)c1. The largest absolute Gasteiger partial charge is 0.497 e. The number of carboxylic acids is 1. The van der Waals surface area contributed by atoms with Crippen molar-refractivity contribution in [3.05, 3.63) is 23.8 Å². The molecule has 7 heteroatoms. The van der Waals surface area contributed by atoms with E-state index in [2.05, 4.69) is 5.32 Å². The number of aliphatic carboxylic acids is 1. The summed E-state index contributed by atoms with van der Waals surface area (Å²) < 4.78 is 10.8. The summed E-state index contributed by atoms with van der Waals surface area (Å²) in [6.07, 6.45) is 4.51. The number of likely N-dealkylation sites (tertiary alicyclic amines) is 1. The number of hydrogen-bond donors (Lipinski definition) is 2. The number of carbonyl (C=O) groups is 2. The lowest BCUT2D eigenvalue weighted by molar-refractivity contribution is -0.142. The molecule has 1 unspecified atom stereocenters. The third-order valence-electron chi connectivity index (χ3n) is 5.72. The van der Waals surface area contributed by atoms with Gasteiger partial charge in [0.2, 0.25) is 0 Å². The molecule has 1 aromatic carbocycles. The Morgan fingerprint density at radius 2 is 1.85 bits per heavy atom. The fraction of sp³-hybridized carbons (Fsp3) is 0.600. The first kappa shape index (κ1) is 19.3. The van der Waals surface area contributed by atoms with Gasteiger partial charge in [0.15, 0.2) is 0 Å². The van der Waals surface area contributed by atoms with Crippen LogP contribution in [0, 0.1) is 5.92 Å². The monoisotopic (exact) mass is 376 g/mol. The highest BCUT2D eigenvalue weighted by molar-refractivity contribution is 5.76. The maximum Gasteiger partial charge on any atom is 0.318 e. The Bertz CT molecular complexity index is 685. The molecular weight excluding hydrogens is 348 g/mol. The highest BCUT2D eigenvalue weighted by Crippen LogP contribution is 2.38. The molecule has 0 radical (unpaired) electrons. The maximum absolute atomic E-state index is 12.9. The molecule has 1 saturated heterocycles. The van der Waals surface area contributed by atoms with Gasteiger partial charge in [-0.15, -0.1) is 0 Å². The van der Waals surface area contributed by atoms with Gasteiger partial charge in [0.25, 0.3) is 0 Å². The molecule has 2 aliphatic rings. The first-order chi connectivity index (χ1) is 13.0. The van der Waals surface area contributed by atoms with Crippen LogP contribution in [0.25, 0.3) is 0 Å². The zero-order chi connectivity index (χ0) is 19.4. The van der Waals surface area contributed by atoms with E-state index in [1.165, 1.54) is 0 Å². The van der Waals surface area contributed by atoms with Crippen LogP contribution in [0.1, 0.15) is 50.1 Å². The van der Waals surface area contributed by atoms with Crippen molar-refractivity contribution in [2.24, 2.45) is 5.92 Å². The van der Waals surface area contributed by atoms with Crippen LogP contribution in [0.15, 0.2) is 18.2 Å². The summed E-state index contributed by atoms with van der Waals surface area (Å²) in [6, 6.07) is 5.64. The molecule has 0 bridgehead atoms. The Balaban J connectivity index is 1.66. The van der Waals surface area contributed by atoms with Gasteiger partial charge in [-0.2, -0.15) is 0 Å². The van der Waals surface area contributed by atoms with Crippen molar-refractivity contribution in [2.75, 3.05) is 20.8 Å². The predicted molar refractivity (Wildman–Crippen MR) is 100 cm³/mol. The summed E-state index contributed by atoms with van der Waals surface area (Å²) >= 11 is 0. The Morgan fingerprint density at radius 3 is 2.48 bits per heavy atom. The summed E-state index contributed by atoms with van der Waals surface area (Å²) in [4.78, 5) is 25.8. The van der Waals surface area contributed by atoms with Crippen molar-refractivity contribution >= 4 is 12.0 Å². The van der Waals surface area contributed by atoms with Crippen LogP contribution in [0.2, 0.25) is 0 Å². The molecule has 7 nitrogen and oxygen atoms in total. The minimum atomic E-state index is -0.731. The maximum atomic E-state index is 12.9. The van der Waals surface area contributed by atoms with Gasteiger partial charge in [-0.05, 0) is 50.7 Å². The van der Waals surface area contributed by atoms with Crippen LogP contribution in [0.5, 0.6) is 11.5 Å². The van der Waals surface area contributed by atoms with Gasteiger partial charge in [0.05, 0.1) is 26.2 Å². The topological polar surface area (TPSA) is 88.1 Å². The molecule has 1 atom stereocenters. The lowest BCUT2D eigenvalue weighted by Crippen LogP contribution is -2.46. The van der Waals surface area contributed by atoms with Crippen LogP contribution < -0.4 is 14.8 Å². The molecule has 148 valence electrons. The molecule has 2 amide bonds.